The summed E-state index contributed by atoms with van der Waals surface area (Å²) in [7, 11) is 5.63. The number of rotatable bonds is 14. The number of carbonyl (C=O) groups is 2. The van der Waals surface area contributed by atoms with E-state index in [9.17, 15) is 9.59 Å². The van der Waals surface area contributed by atoms with Gasteiger partial charge in [0.1, 0.15) is 0 Å². The summed E-state index contributed by atoms with van der Waals surface area (Å²) in [6.45, 7) is 15.4. The summed E-state index contributed by atoms with van der Waals surface area (Å²) in [4.78, 5) is 24.0. The third kappa shape index (κ3) is 23.1. The molecule has 2 unspecified atom stereocenters. The molecule has 0 aromatic heterocycles. The predicted octanol–water partition coefficient (Wildman–Crippen LogP) is 3.51. The van der Waals surface area contributed by atoms with Gasteiger partial charge < -0.3 is 21.3 Å². The van der Waals surface area contributed by atoms with E-state index in [1.54, 1.807) is 14.0 Å². The van der Waals surface area contributed by atoms with E-state index in [2.05, 4.69) is 21.3 Å². The lowest BCUT2D eigenvalue weighted by molar-refractivity contribution is -0.128. The molecule has 0 radical (unpaired) electrons. The normalized spacial score (nSPS) is 11.4. The van der Waals surface area contributed by atoms with Crippen LogP contribution in [0.1, 0.15) is 87.0 Å². The molecule has 0 saturated heterocycles. The van der Waals surface area contributed by atoms with Gasteiger partial charge in [-0.05, 0) is 73.3 Å². The van der Waals surface area contributed by atoms with E-state index in [-0.39, 0.29) is 23.8 Å². The van der Waals surface area contributed by atoms with Gasteiger partial charge in [0.15, 0.2) is 5.78 Å². The molecule has 0 spiro atoms. The minimum Gasteiger partial charge on any atom is -0.345 e. The second kappa shape index (κ2) is 30.7. The monoisotopic (exact) mass is 404 g/mol. The van der Waals surface area contributed by atoms with Gasteiger partial charge in [0.2, 0.25) is 5.91 Å². The third-order valence-electron chi connectivity index (χ3n) is 3.81. The van der Waals surface area contributed by atoms with Crippen molar-refractivity contribution < 1.29 is 9.59 Å². The van der Waals surface area contributed by atoms with E-state index in [1.807, 2.05) is 55.6 Å². The Labute approximate surface area is 176 Å². The zero-order valence-electron chi connectivity index (χ0n) is 20.6. The topological polar surface area (TPSA) is 82.3 Å². The second-order valence-corrected chi connectivity index (χ2v) is 5.71. The van der Waals surface area contributed by atoms with E-state index in [1.165, 1.54) is 0 Å². The number of unbranched alkanes of at least 4 members (excludes halogenated alkanes) is 2. The van der Waals surface area contributed by atoms with Crippen molar-refractivity contribution in [1.29, 1.82) is 0 Å². The van der Waals surface area contributed by atoms with Crippen LogP contribution in [-0.4, -0.2) is 58.0 Å². The fourth-order valence-corrected chi connectivity index (χ4v) is 2.36. The average molecular weight is 405 g/mol. The number of Topliss-reactive ketones (excluding diaryl/α,β-unsaturated/α-hetero) is 1. The van der Waals surface area contributed by atoms with Crippen molar-refractivity contribution in [1.82, 2.24) is 21.3 Å². The molecule has 0 aliphatic carbocycles. The van der Waals surface area contributed by atoms with Crippen LogP contribution in [-0.2, 0) is 9.59 Å². The van der Waals surface area contributed by atoms with Gasteiger partial charge in [-0.15, -0.1) is 0 Å². The van der Waals surface area contributed by atoms with Crippen LogP contribution in [0.15, 0.2) is 0 Å². The fourth-order valence-electron chi connectivity index (χ4n) is 2.36. The molecule has 0 aliphatic rings. The van der Waals surface area contributed by atoms with E-state index >= 15 is 0 Å². The van der Waals surface area contributed by atoms with Crippen LogP contribution >= 0.6 is 0 Å². The Morgan fingerprint density at radius 1 is 0.679 bits per heavy atom. The van der Waals surface area contributed by atoms with Crippen LogP contribution in [0.2, 0.25) is 0 Å². The first-order valence-electron chi connectivity index (χ1n) is 11.3. The molecule has 6 nitrogen and oxygen atoms in total. The van der Waals surface area contributed by atoms with Crippen LogP contribution < -0.4 is 21.3 Å². The number of ketones is 1. The van der Waals surface area contributed by atoms with Crippen molar-refractivity contribution in [2.24, 2.45) is 0 Å². The van der Waals surface area contributed by atoms with Crippen molar-refractivity contribution in [3.05, 3.63) is 0 Å². The highest BCUT2D eigenvalue weighted by atomic mass is 16.2. The SMILES string of the molecule is CC.CC.CC.CNCCCCC(NC(=O)C(CCCCNC)NC)C(C)=O. The van der Waals surface area contributed by atoms with Gasteiger partial charge in [-0.2, -0.15) is 0 Å². The van der Waals surface area contributed by atoms with Gasteiger partial charge in [0.05, 0.1) is 12.1 Å². The summed E-state index contributed by atoms with van der Waals surface area (Å²) >= 11 is 0. The Morgan fingerprint density at radius 3 is 1.39 bits per heavy atom. The first kappa shape index (κ1) is 34.5. The standard InChI is InChI=1S/C16H34N4O2.3C2H6/c1-13(21)14(9-5-7-11-17-2)20-16(22)15(19-4)10-6-8-12-18-3;3*1-2/h14-15,17-19H,5-12H2,1-4H3,(H,20,22);3*1-2H3. The minimum absolute atomic E-state index is 0.0304. The molecule has 6 heteroatoms. The van der Waals surface area contributed by atoms with Crippen molar-refractivity contribution in [3.63, 3.8) is 0 Å². The van der Waals surface area contributed by atoms with Gasteiger partial charge >= 0.3 is 0 Å². The molecule has 1 amide bonds. The third-order valence-corrected chi connectivity index (χ3v) is 3.81. The van der Waals surface area contributed by atoms with E-state index in [4.69, 9.17) is 0 Å². The Bertz CT molecular complexity index is 313. The molecule has 28 heavy (non-hydrogen) atoms. The zero-order chi connectivity index (χ0) is 22.8. The highest BCUT2D eigenvalue weighted by Gasteiger charge is 2.21. The van der Waals surface area contributed by atoms with E-state index in [0.717, 1.165) is 45.2 Å². The van der Waals surface area contributed by atoms with Gasteiger partial charge in [-0.25, -0.2) is 0 Å². The van der Waals surface area contributed by atoms with Gasteiger partial charge in [0.25, 0.3) is 0 Å². The second-order valence-electron chi connectivity index (χ2n) is 5.71. The Hall–Kier alpha value is -0.980. The maximum absolute atomic E-state index is 12.3. The molecular weight excluding hydrogens is 352 g/mol. The lowest BCUT2D eigenvalue weighted by Gasteiger charge is -2.21. The first-order chi connectivity index (χ1) is 13.6. The van der Waals surface area contributed by atoms with Crippen molar-refractivity contribution in [2.75, 3.05) is 34.2 Å². The van der Waals surface area contributed by atoms with Crippen molar-refractivity contribution in [3.8, 4) is 0 Å². The quantitative estimate of drug-likeness (QED) is 0.333. The smallest absolute Gasteiger partial charge is 0.237 e. The lowest BCUT2D eigenvalue weighted by atomic mass is 10.0. The Kier molecular flexibility index (Phi) is 37.9. The number of amides is 1. The summed E-state index contributed by atoms with van der Waals surface area (Å²) in [6.07, 6.45) is 5.45. The zero-order valence-corrected chi connectivity index (χ0v) is 20.6. The molecule has 0 fully saturated rings. The van der Waals surface area contributed by atoms with Crippen LogP contribution in [0.25, 0.3) is 0 Å². The molecule has 0 heterocycles. The molecule has 0 aromatic carbocycles. The number of likely N-dealkylation sites (N-methyl/N-ethyl adjacent to an activating group) is 1. The number of hydrogen-bond acceptors (Lipinski definition) is 5. The molecule has 0 bridgehead atoms. The predicted molar refractivity (Wildman–Crippen MR) is 125 cm³/mol. The number of hydrogen-bond donors (Lipinski definition) is 4. The van der Waals surface area contributed by atoms with Crippen molar-refractivity contribution >= 4 is 11.7 Å². The molecule has 172 valence electrons. The summed E-state index contributed by atoms with van der Waals surface area (Å²) in [6, 6.07) is -0.589. The summed E-state index contributed by atoms with van der Waals surface area (Å²) in [5.41, 5.74) is 0. The molecule has 0 rings (SSSR count). The van der Waals surface area contributed by atoms with E-state index < -0.39 is 0 Å². The highest BCUT2D eigenvalue weighted by molar-refractivity contribution is 5.89. The maximum atomic E-state index is 12.3. The van der Waals surface area contributed by atoms with Crippen LogP contribution in [0.5, 0.6) is 0 Å². The van der Waals surface area contributed by atoms with Gasteiger partial charge in [0, 0.05) is 0 Å². The van der Waals surface area contributed by atoms with E-state index in [0.29, 0.717) is 6.42 Å². The molecule has 0 saturated carbocycles. The molecule has 0 aromatic rings. The van der Waals surface area contributed by atoms with Gasteiger partial charge in [-0.3, -0.25) is 9.59 Å². The number of nitrogens with one attached hydrogen (secondary N) is 4. The van der Waals surface area contributed by atoms with Crippen molar-refractivity contribution in [2.45, 2.75) is 99.1 Å². The first-order valence-corrected chi connectivity index (χ1v) is 11.3. The molecular formula is C22H52N4O2. The average Bonchev–Trinajstić information content (AvgIpc) is 2.74. The maximum Gasteiger partial charge on any atom is 0.237 e. The molecule has 4 N–H and O–H groups in total. The molecule has 2 atom stereocenters. The summed E-state index contributed by atoms with van der Waals surface area (Å²) in [5, 5.41) is 12.1. The lowest BCUT2D eigenvalue weighted by Crippen LogP contribution is -2.49. The number of carbonyl (C=O) groups excluding carboxylic acids is 2. The Morgan fingerprint density at radius 2 is 1.07 bits per heavy atom. The summed E-state index contributed by atoms with van der Waals surface area (Å²) in [5.74, 6) is -0.0383. The molecule has 0 aliphatic heterocycles. The minimum atomic E-state index is -0.363. The van der Waals surface area contributed by atoms with Crippen LogP contribution in [0.3, 0.4) is 0 Å². The summed E-state index contributed by atoms with van der Waals surface area (Å²) < 4.78 is 0. The van der Waals surface area contributed by atoms with Gasteiger partial charge in [-0.1, -0.05) is 48.0 Å². The fraction of sp³-hybridized carbons (Fsp3) is 0.909. The largest absolute Gasteiger partial charge is 0.345 e. The van der Waals surface area contributed by atoms with Crippen LogP contribution in [0, 0.1) is 0 Å². The Balaban J connectivity index is -0.000000434. The highest BCUT2D eigenvalue weighted by Crippen LogP contribution is 2.05. The van der Waals surface area contributed by atoms with Crippen LogP contribution in [0.4, 0.5) is 0 Å².